The van der Waals surface area contributed by atoms with Gasteiger partial charge in [0, 0.05) is 30.6 Å². The van der Waals surface area contributed by atoms with Crippen LogP contribution in [0.25, 0.3) is 0 Å². The average Bonchev–Trinajstić information content (AvgIpc) is 2.75. The summed E-state index contributed by atoms with van der Waals surface area (Å²) in [7, 11) is 0. The second-order valence-electron chi connectivity index (χ2n) is 4.75. The maximum Gasteiger partial charge on any atom is 0.224 e. The van der Waals surface area contributed by atoms with Crippen molar-refractivity contribution >= 4 is 5.91 Å². The Morgan fingerprint density at radius 2 is 2.37 bits per heavy atom. The van der Waals surface area contributed by atoms with E-state index in [1.807, 2.05) is 32.0 Å². The summed E-state index contributed by atoms with van der Waals surface area (Å²) in [6.45, 7) is 3.94. The predicted octanol–water partition coefficient (Wildman–Crippen LogP) is 1.40. The number of aryl methyl sites for hydroxylation is 1. The van der Waals surface area contributed by atoms with Crippen LogP contribution < -0.4 is 5.32 Å². The molecule has 19 heavy (non-hydrogen) atoms. The van der Waals surface area contributed by atoms with E-state index >= 15 is 0 Å². The molecule has 0 aliphatic carbocycles. The highest BCUT2D eigenvalue weighted by atomic mass is 16.1. The lowest BCUT2D eigenvalue weighted by Gasteiger charge is -2.12. The fraction of sp³-hybridized carbons (Fsp3) is 0.357. The summed E-state index contributed by atoms with van der Waals surface area (Å²) in [5.41, 5.74) is 2.92. The van der Waals surface area contributed by atoms with Gasteiger partial charge in [-0.15, -0.1) is 0 Å². The molecule has 0 aromatic carbocycles. The highest BCUT2D eigenvalue weighted by molar-refractivity contribution is 5.78. The molecule has 0 fully saturated rings. The molecular formula is C14H18N4O. The molecule has 2 aromatic heterocycles. The molecule has 5 heteroatoms. The molecule has 0 aliphatic heterocycles. The van der Waals surface area contributed by atoms with Gasteiger partial charge in [-0.1, -0.05) is 6.07 Å². The quantitative estimate of drug-likeness (QED) is 0.851. The summed E-state index contributed by atoms with van der Waals surface area (Å²) in [6.07, 6.45) is 4.49. The number of nitrogens with zero attached hydrogens (tertiary/aromatic N) is 2. The first-order valence-electron chi connectivity index (χ1n) is 6.32. The highest BCUT2D eigenvalue weighted by Crippen LogP contribution is 2.03. The number of carbonyl (C=O) groups is 1. The zero-order valence-electron chi connectivity index (χ0n) is 11.2. The number of rotatable bonds is 5. The molecule has 0 aliphatic rings. The molecule has 100 valence electrons. The third-order valence-corrected chi connectivity index (χ3v) is 2.77. The molecule has 1 amide bonds. The monoisotopic (exact) mass is 258 g/mol. The van der Waals surface area contributed by atoms with Crippen LogP contribution in [0.4, 0.5) is 0 Å². The first-order valence-corrected chi connectivity index (χ1v) is 6.32. The fourth-order valence-corrected chi connectivity index (χ4v) is 1.96. The Bertz CT molecular complexity index is 535. The Morgan fingerprint density at radius 1 is 1.53 bits per heavy atom. The summed E-state index contributed by atoms with van der Waals surface area (Å²) in [5, 5.41) is 10.0. The summed E-state index contributed by atoms with van der Waals surface area (Å²) < 4.78 is 0. The van der Waals surface area contributed by atoms with Gasteiger partial charge in [0.15, 0.2) is 0 Å². The number of aromatic amines is 1. The van der Waals surface area contributed by atoms with Gasteiger partial charge >= 0.3 is 0 Å². The lowest BCUT2D eigenvalue weighted by molar-refractivity contribution is -0.121. The van der Waals surface area contributed by atoms with Crippen molar-refractivity contribution in [2.45, 2.75) is 32.7 Å². The molecule has 0 bridgehead atoms. The number of pyridine rings is 1. The molecule has 2 heterocycles. The largest absolute Gasteiger partial charge is 0.353 e. The van der Waals surface area contributed by atoms with Crippen molar-refractivity contribution in [2.75, 3.05) is 0 Å². The minimum absolute atomic E-state index is 0.00718. The zero-order valence-corrected chi connectivity index (χ0v) is 11.2. The molecule has 5 nitrogen and oxygen atoms in total. The van der Waals surface area contributed by atoms with E-state index in [1.54, 1.807) is 12.4 Å². The van der Waals surface area contributed by atoms with Gasteiger partial charge in [0.2, 0.25) is 5.91 Å². The first-order chi connectivity index (χ1) is 9.13. The van der Waals surface area contributed by atoms with E-state index in [4.69, 9.17) is 0 Å². The van der Waals surface area contributed by atoms with Gasteiger partial charge in [-0.25, -0.2) is 0 Å². The number of H-pyrrole nitrogens is 1. The Labute approximate surface area is 112 Å². The minimum Gasteiger partial charge on any atom is -0.353 e. The Kier molecular flexibility index (Phi) is 4.28. The Balaban J connectivity index is 1.82. The number of hydrogen-bond acceptors (Lipinski definition) is 3. The third kappa shape index (κ3) is 4.21. The summed E-state index contributed by atoms with van der Waals surface area (Å²) in [5.74, 6) is 0.00718. The highest BCUT2D eigenvalue weighted by Gasteiger charge is 2.10. The molecule has 0 radical (unpaired) electrons. The molecule has 0 saturated carbocycles. The topological polar surface area (TPSA) is 70.7 Å². The van der Waals surface area contributed by atoms with E-state index in [1.165, 1.54) is 0 Å². The van der Waals surface area contributed by atoms with Gasteiger partial charge in [-0.3, -0.25) is 14.9 Å². The Hall–Kier alpha value is -2.17. The van der Waals surface area contributed by atoms with Gasteiger partial charge in [-0.2, -0.15) is 5.10 Å². The summed E-state index contributed by atoms with van der Waals surface area (Å²) in [6, 6.07) is 5.78. The lowest BCUT2D eigenvalue weighted by Crippen LogP contribution is -2.35. The van der Waals surface area contributed by atoms with Crippen LogP contribution in [0.15, 0.2) is 30.6 Å². The van der Waals surface area contributed by atoms with Crippen molar-refractivity contribution < 1.29 is 4.79 Å². The van der Waals surface area contributed by atoms with Crippen LogP contribution >= 0.6 is 0 Å². The Morgan fingerprint density at radius 3 is 3.00 bits per heavy atom. The lowest BCUT2D eigenvalue weighted by atomic mass is 10.1. The van der Waals surface area contributed by atoms with Gasteiger partial charge in [0.05, 0.1) is 12.1 Å². The van der Waals surface area contributed by atoms with Crippen molar-refractivity contribution in [3.63, 3.8) is 0 Å². The standard InChI is InChI=1S/C14H18N4O/c1-10(6-13-7-11(2)17-18-13)16-14(19)8-12-4-3-5-15-9-12/h3-5,7,9-10H,6,8H2,1-2H3,(H,16,19)(H,17,18)/t10-/m1/s1. The van der Waals surface area contributed by atoms with E-state index in [0.29, 0.717) is 6.42 Å². The van der Waals surface area contributed by atoms with Crippen LogP contribution in [-0.4, -0.2) is 27.1 Å². The molecule has 0 spiro atoms. The van der Waals surface area contributed by atoms with Crippen molar-refractivity contribution in [1.82, 2.24) is 20.5 Å². The van der Waals surface area contributed by atoms with Crippen molar-refractivity contribution in [3.05, 3.63) is 47.5 Å². The van der Waals surface area contributed by atoms with Gasteiger partial charge < -0.3 is 5.32 Å². The second kappa shape index (κ2) is 6.13. The van der Waals surface area contributed by atoms with Crippen molar-refractivity contribution in [1.29, 1.82) is 0 Å². The maximum absolute atomic E-state index is 11.9. The number of nitrogens with one attached hydrogen (secondary N) is 2. The van der Waals surface area contributed by atoms with E-state index in [9.17, 15) is 4.79 Å². The van der Waals surface area contributed by atoms with Crippen molar-refractivity contribution in [2.24, 2.45) is 0 Å². The number of hydrogen-bond donors (Lipinski definition) is 2. The molecule has 2 N–H and O–H groups in total. The van der Waals surface area contributed by atoms with E-state index in [0.717, 1.165) is 23.4 Å². The van der Waals surface area contributed by atoms with Crippen LogP contribution in [-0.2, 0) is 17.6 Å². The van der Waals surface area contributed by atoms with Crippen LogP contribution in [0.5, 0.6) is 0 Å². The van der Waals surface area contributed by atoms with E-state index in [-0.39, 0.29) is 11.9 Å². The molecule has 0 saturated heterocycles. The number of amides is 1. The van der Waals surface area contributed by atoms with Gasteiger partial charge in [0.1, 0.15) is 0 Å². The SMILES string of the molecule is Cc1cc(C[C@@H](C)NC(=O)Cc2cccnc2)n[nH]1. The van der Waals surface area contributed by atoms with Gasteiger partial charge in [0.25, 0.3) is 0 Å². The zero-order chi connectivity index (χ0) is 13.7. The summed E-state index contributed by atoms with van der Waals surface area (Å²) in [4.78, 5) is 15.8. The maximum atomic E-state index is 11.9. The number of carbonyl (C=O) groups excluding carboxylic acids is 1. The minimum atomic E-state index is 0.00718. The normalized spacial score (nSPS) is 12.1. The van der Waals surface area contributed by atoms with Gasteiger partial charge in [-0.05, 0) is 31.5 Å². The molecule has 0 unspecified atom stereocenters. The van der Waals surface area contributed by atoms with Crippen LogP contribution in [0.1, 0.15) is 23.9 Å². The van der Waals surface area contributed by atoms with Crippen LogP contribution in [0.3, 0.4) is 0 Å². The average molecular weight is 258 g/mol. The molecule has 2 rings (SSSR count). The molecule has 2 aromatic rings. The van der Waals surface area contributed by atoms with Crippen LogP contribution in [0, 0.1) is 6.92 Å². The van der Waals surface area contributed by atoms with Crippen molar-refractivity contribution in [3.8, 4) is 0 Å². The predicted molar refractivity (Wildman–Crippen MR) is 72.6 cm³/mol. The third-order valence-electron chi connectivity index (χ3n) is 2.77. The van der Waals surface area contributed by atoms with Crippen LogP contribution in [0.2, 0.25) is 0 Å². The molecular weight excluding hydrogens is 240 g/mol. The fourth-order valence-electron chi connectivity index (χ4n) is 1.96. The van der Waals surface area contributed by atoms with E-state index in [2.05, 4.69) is 20.5 Å². The smallest absolute Gasteiger partial charge is 0.224 e. The first kappa shape index (κ1) is 13.3. The second-order valence-corrected chi connectivity index (χ2v) is 4.75. The summed E-state index contributed by atoms with van der Waals surface area (Å²) >= 11 is 0. The van der Waals surface area contributed by atoms with E-state index < -0.39 is 0 Å². The number of aromatic nitrogens is 3. The molecule has 1 atom stereocenters.